The number of anilines is 1. The molecule has 2 aromatic carbocycles. The normalized spacial score (nSPS) is 15.4. The summed E-state index contributed by atoms with van der Waals surface area (Å²) in [6, 6.07) is 11.3. The molecule has 0 radical (unpaired) electrons. The van der Waals surface area contributed by atoms with Crippen molar-refractivity contribution in [1.29, 1.82) is 0 Å². The molecule has 33 heavy (non-hydrogen) atoms. The van der Waals surface area contributed by atoms with Gasteiger partial charge in [-0.2, -0.15) is 0 Å². The van der Waals surface area contributed by atoms with Crippen molar-refractivity contribution in [2.24, 2.45) is 0 Å². The van der Waals surface area contributed by atoms with Gasteiger partial charge in [0.15, 0.2) is 5.11 Å². The van der Waals surface area contributed by atoms with E-state index in [1.807, 2.05) is 6.92 Å². The molecule has 2 heterocycles. The van der Waals surface area contributed by atoms with Gasteiger partial charge in [0, 0.05) is 15.9 Å². The lowest BCUT2D eigenvalue weighted by molar-refractivity contribution is -0.122. The number of aryl methyl sites for hydroxylation is 1. The van der Waals surface area contributed by atoms with Gasteiger partial charge in [0.1, 0.15) is 11.4 Å². The lowest BCUT2D eigenvalue weighted by Gasteiger charge is -2.29. The fraction of sp³-hybridized carbons (Fsp3) is 0.0870. The van der Waals surface area contributed by atoms with E-state index in [4.69, 9.17) is 35.4 Å². The summed E-state index contributed by atoms with van der Waals surface area (Å²) in [6.07, 6.45) is 1.46. The smallest absolute Gasteiger partial charge is 0.270 e. The van der Waals surface area contributed by atoms with Crippen LogP contribution in [0.4, 0.5) is 10.1 Å². The lowest BCUT2D eigenvalue weighted by atomic mass is 10.1. The molecule has 168 valence electrons. The molecule has 1 aliphatic heterocycles. The lowest BCUT2D eigenvalue weighted by Crippen LogP contribution is -2.54. The minimum absolute atomic E-state index is 0.103. The zero-order valence-electron chi connectivity index (χ0n) is 17.2. The Morgan fingerprint density at radius 3 is 2.52 bits per heavy atom. The SMILES string of the molecule is Cc1cc(/C=C2\C(=O)NC(=S)N(c3cccc(Cl)c3Cl)C2=O)c(C)n1-c1ccc(Br)cc1F. The Kier molecular flexibility index (Phi) is 6.46. The van der Waals surface area contributed by atoms with Crippen molar-refractivity contribution in [3.05, 3.63) is 85.3 Å². The van der Waals surface area contributed by atoms with E-state index in [9.17, 15) is 14.0 Å². The van der Waals surface area contributed by atoms with Crippen LogP contribution < -0.4 is 10.2 Å². The molecule has 0 saturated carbocycles. The maximum absolute atomic E-state index is 14.6. The largest absolute Gasteiger partial charge is 0.315 e. The number of thiocarbonyl (C=S) groups is 1. The van der Waals surface area contributed by atoms with Crippen LogP contribution in [0.15, 0.2) is 52.5 Å². The first-order valence-electron chi connectivity index (χ1n) is 9.60. The average Bonchev–Trinajstić information content (AvgIpc) is 3.01. The van der Waals surface area contributed by atoms with Crippen LogP contribution in [0.3, 0.4) is 0 Å². The van der Waals surface area contributed by atoms with Gasteiger partial charge in [0.05, 0.1) is 21.4 Å². The molecular weight excluding hydrogens is 552 g/mol. The van der Waals surface area contributed by atoms with Crippen LogP contribution in [0, 0.1) is 19.7 Å². The fourth-order valence-electron chi connectivity index (χ4n) is 3.66. The molecule has 1 aromatic heterocycles. The Balaban J connectivity index is 1.80. The predicted molar refractivity (Wildman–Crippen MR) is 136 cm³/mol. The van der Waals surface area contributed by atoms with Crippen LogP contribution in [0.5, 0.6) is 0 Å². The molecule has 0 aliphatic carbocycles. The number of benzene rings is 2. The molecule has 3 aromatic rings. The highest BCUT2D eigenvalue weighted by Crippen LogP contribution is 2.35. The van der Waals surface area contributed by atoms with Crippen LogP contribution in [-0.4, -0.2) is 21.5 Å². The Bertz CT molecular complexity index is 1390. The van der Waals surface area contributed by atoms with E-state index in [1.54, 1.807) is 47.9 Å². The maximum atomic E-state index is 14.6. The molecule has 5 nitrogen and oxygen atoms in total. The first-order valence-corrected chi connectivity index (χ1v) is 11.6. The molecule has 0 spiro atoms. The van der Waals surface area contributed by atoms with Crippen LogP contribution in [0.25, 0.3) is 11.8 Å². The summed E-state index contributed by atoms with van der Waals surface area (Å²) in [7, 11) is 0. The summed E-state index contributed by atoms with van der Waals surface area (Å²) in [5, 5.41) is 2.79. The van der Waals surface area contributed by atoms with E-state index in [2.05, 4.69) is 21.2 Å². The highest BCUT2D eigenvalue weighted by Gasteiger charge is 2.36. The molecule has 0 unspecified atom stereocenters. The number of nitrogens with one attached hydrogen (secondary N) is 1. The monoisotopic (exact) mass is 565 g/mol. The van der Waals surface area contributed by atoms with E-state index >= 15 is 0 Å². The van der Waals surface area contributed by atoms with Crippen molar-refractivity contribution in [2.45, 2.75) is 13.8 Å². The van der Waals surface area contributed by atoms with Crippen molar-refractivity contribution in [2.75, 3.05) is 4.90 Å². The van der Waals surface area contributed by atoms with Gasteiger partial charge in [-0.05, 0) is 74.1 Å². The van der Waals surface area contributed by atoms with Crippen LogP contribution in [0.1, 0.15) is 17.0 Å². The van der Waals surface area contributed by atoms with Gasteiger partial charge in [0.2, 0.25) is 0 Å². The summed E-state index contributed by atoms with van der Waals surface area (Å²) < 4.78 is 16.9. The zero-order valence-corrected chi connectivity index (χ0v) is 21.2. The Morgan fingerprint density at radius 1 is 1.09 bits per heavy atom. The molecule has 0 bridgehead atoms. The number of carbonyl (C=O) groups excluding carboxylic acids is 2. The van der Waals surface area contributed by atoms with E-state index in [0.29, 0.717) is 21.4 Å². The van der Waals surface area contributed by atoms with Crippen LogP contribution in [-0.2, 0) is 9.59 Å². The van der Waals surface area contributed by atoms with E-state index in [-0.39, 0.29) is 26.4 Å². The number of halogens is 4. The van der Waals surface area contributed by atoms with Crippen molar-refractivity contribution in [3.63, 3.8) is 0 Å². The molecule has 4 rings (SSSR count). The van der Waals surface area contributed by atoms with Crippen molar-refractivity contribution in [1.82, 2.24) is 9.88 Å². The second-order valence-corrected chi connectivity index (χ2v) is 9.38. The first kappa shape index (κ1) is 23.6. The van der Waals surface area contributed by atoms with E-state index in [1.165, 1.54) is 12.1 Å². The van der Waals surface area contributed by atoms with Gasteiger partial charge < -0.3 is 4.57 Å². The Morgan fingerprint density at radius 2 is 1.82 bits per heavy atom. The van der Waals surface area contributed by atoms with Gasteiger partial charge in [0.25, 0.3) is 11.8 Å². The Labute approximate surface area is 212 Å². The van der Waals surface area contributed by atoms with Crippen molar-refractivity contribution < 1.29 is 14.0 Å². The third-order valence-corrected chi connectivity index (χ3v) is 6.78. The van der Waals surface area contributed by atoms with Gasteiger partial charge in [-0.25, -0.2) is 4.39 Å². The number of aromatic nitrogens is 1. The van der Waals surface area contributed by atoms with Crippen molar-refractivity contribution >= 4 is 80.0 Å². The Hall–Kier alpha value is -2.52. The number of hydrogen-bond acceptors (Lipinski definition) is 3. The molecular formula is C23H15BrCl2FN3O2S. The number of amides is 2. The molecule has 1 N–H and O–H groups in total. The number of carbonyl (C=O) groups is 2. The number of hydrogen-bond donors (Lipinski definition) is 1. The summed E-state index contributed by atoms with van der Waals surface area (Å²) >= 11 is 20.9. The van der Waals surface area contributed by atoms with Gasteiger partial charge >= 0.3 is 0 Å². The second kappa shape index (κ2) is 9.02. The summed E-state index contributed by atoms with van der Waals surface area (Å²) in [5.41, 5.74) is 2.43. The first-order chi connectivity index (χ1) is 15.6. The highest BCUT2D eigenvalue weighted by molar-refractivity contribution is 9.10. The third kappa shape index (κ3) is 4.24. The van der Waals surface area contributed by atoms with E-state index in [0.717, 1.165) is 10.6 Å². The topological polar surface area (TPSA) is 54.3 Å². The fourth-order valence-corrected chi connectivity index (χ4v) is 4.65. The quantitative estimate of drug-likeness (QED) is 0.235. The third-order valence-electron chi connectivity index (χ3n) is 5.19. The van der Waals surface area contributed by atoms with Gasteiger partial charge in [-0.15, -0.1) is 0 Å². The van der Waals surface area contributed by atoms with Gasteiger partial charge in [-0.1, -0.05) is 45.2 Å². The molecule has 1 fully saturated rings. The second-order valence-electron chi connectivity index (χ2n) is 7.29. The molecule has 10 heteroatoms. The van der Waals surface area contributed by atoms with Crippen molar-refractivity contribution in [3.8, 4) is 5.69 Å². The predicted octanol–water partition coefficient (Wildman–Crippen LogP) is 6.13. The maximum Gasteiger partial charge on any atom is 0.270 e. The van der Waals surface area contributed by atoms with Gasteiger partial charge in [-0.3, -0.25) is 19.8 Å². The summed E-state index contributed by atoms with van der Waals surface area (Å²) in [4.78, 5) is 27.1. The average molecular weight is 567 g/mol. The highest BCUT2D eigenvalue weighted by atomic mass is 79.9. The molecule has 0 atom stereocenters. The zero-order chi connectivity index (χ0) is 24.0. The summed E-state index contributed by atoms with van der Waals surface area (Å²) in [6.45, 7) is 3.59. The molecule has 1 saturated heterocycles. The molecule has 2 amide bonds. The minimum atomic E-state index is -0.646. The number of nitrogens with zero attached hydrogens (tertiary/aromatic N) is 2. The van der Waals surface area contributed by atoms with Crippen LogP contribution in [0.2, 0.25) is 10.0 Å². The van der Waals surface area contributed by atoms with Crippen LogP contribution >= 0.6 is 51.3 Å². The minimum Gasteiger partial charge on any atom is -0.315 e. The molecule has 1 aliphatic rings. The standard InChI is InChI=1S/C23H15BrCl2FN3O2S/c1-11-8-13(12(2)29(11)18-7-6-14(24)10-17(18)27)9-15-21(31)28-23(33)30(22(15)32)19-5-3-4-16(25)20(19)26/h3-10H,1-2H3,(H,28,31,33)/b15-9+. The number of rotatable bonds is 3. The summed E-state index contributed by atoms with van der Waals surface area (Å²) in [5.74, 6) is -1.70. The van der Waals surface area contributed by atoms with E-state index < -0.39 is 17.6 Å².